The van der Waals surface area contributed by atoms with E-state index in [1.165, 1.54) is 30.3 Å². The van der Waals surface area contributed by atoms with Crippen molar-refractivity contribution in [1.82, 2.24) is 5.32 Å². The lowest BCUT2D eigenvalue weighted by molar-refractivity contribution is -0.119. The van der Waals surface area contributed by atoms with E-state index < -0.39 is 28.3 Å². The van der Waals surface area contributed by atoms with Crippen LogP contribution >= 0.6 is 0 Å². The van der Waals surface area contributed by atoms with Gasteiger partial charge in [-0.15, -0.1) is 0 Å². The van der Waals surface area contributed by atoms with Gasteiger partial charge in [-0.2, -0.15) is 0 Å². The number of anilines is 1. The van der Waals surface area contributed by atoms with E-state index >= 15 is 0 Å². The number of nitrogens with one attached hydrogen (secondary N) is 1. The summed E-state index contributed by atoms with van der Waals surface area (Å²) in [5.74, 6) is -0.586. The van der Waals surface area contributed by atoms with Crippen molar-refractivity contribution in [3.63, 3.8) is 0 Å². The second kappa shape index (κ2) is 10.5. The van der Waals surface area contributed by atoms with Gasteiger partial charge < -0.3 is 10.1 Å². The van der Waals surface area contributed by atoms with E-state index in [4.69, 9.17) is 4.74 Å². The molecule has 0 bridgehead atoms. The van der Waals surface area contributed by atoms with Crippen LogP contribution in [-0.4, -0.2) is 34.0 Å². The maximum atomic E-state index is 14.5. The van der Waals surface area contributed by atoms with E-state index in [-0.39, 0.29) is 23.7 Å². The van der Waals surface area contributed by atoms with Crippen molar-refractivity contribution in [3.8, 4) is 5.75 Å². The highest BCUT2D eigenvalue weighted by Crippen LogP contribution is 2.26. The molecule has 0 heterocycles. The molecule has 0 fully saturated rings. The molecule has 0 aromatic heterocycles. The Labute approximate surface area is 194 Å². The molecule has 0 saturated carbocycles. The van der Waals surface area contributed by atoms with Crippen molar-refractivity contribution >= 4 is 21.6 Å². The molecule has 1 N–H and O–H groups in total. The SMILES string of the molecule is Cc1ccc(S(=O)(=O)N(CC(=O)NCCOc2cccc(C)c2C)c2ccccc2F)cc1. The van der Waals surface area contributed by atoms with Gasteiger partial charge in [0.2, 0.25) is 5.91 Å². The summed E-state index contributed by atoms with van der Waals surface area (Å²) in [6, 6.07) is 17.4. The lowest BCUT2D eigenvalue weighted by Gasteiger charge is -2.24. The van der Waals surface area contributed by atoms with Crippen LogP contribution in [0.15, 0.2) is 71.6 Å². The zero-order chi connectivity index (χ0) is 24.0. The molecule has 3 aromatic carbocycles. The second-order valence-corrected chi connectivity index (χ2v) is 9.53. The first-order valence-corrected chi connectivity index (χ1v) is 11.9. The molecule has 0 unspecified atom stereocenters. The number of carbonyl (C=O) groups is 1. The smallest absolute Gasteiger partial charge is 0.264 e. The van der Waals surface area contributed by atoms with E-state index in [0.29, 0.717) is 0 Å². The van der Waals surface area contributed by atoms with Crippen LogP contribution in [0.5, 0.6) is 5.75 Å². The Morgan fingerprint density at radius 3 is 2.36 bits per heavy atom. The van der Waals surface area contributed by atoms with Crippen LogP contribution < -0.4 is 14.4 Å². The van der Waals surface area contributed by atoms with Crippen molar-refractivity contribution in [3.05, 3.63) is 89.2 Å². The number of halogens is 1. The molecular weight excluding hydrogens is 443 g/mol. The Hall–Kier alpha value is -3.39. The summed E-state index contributed by atoms with van der Waals surface area (Å²) in [5.41, 5.74) is 2.80. The van der Waals surface area contributed by atoms with Gasteiger partial charge in [0, 0.05) is 0 Å². The Morgan fingerprint density at radius 1 is 0.970 bits per heavy atom. The number of rotatable bonds is 9. The normalized spacial score (nSPS) is 11.2. The summed E-state index contributed by atoms with van der Waals surface area (Å²) >= 11 is 0. The Morgan fingerprint density at radius 2 is 1.67 bits per heavy atom. The third kappa shape index (κ3) is 5.90. The third-order valence-corrected chi connectivity index (χ3v) is 7.03. The fourth-order valence-corrected chi connectivity index (χ4v) is 4.64. The van der Waals surface area contributed by atoms with Gasteiger partial charge in [-0.1, -0.05) is 42.0 Å². The molecule has 0 atom stereocenters. The molecule has 0 aliphatic carbocycles. The number of hydrogen-bond acceptors (Lipinski definition) is 4. The number of para-hydroxylation sites is 1. The molecule has 0 aliphatic rings. The Kier molecular flexibility index (Phi) is 7.71. The lowest BCUT2D eigenvalue weighted by Crippen LogP contribution is -2.42. The maximum Gasteiger partial charge on any atom is 0.264 e. The number of nitrogens with zero attached hydrogens (tertiary/aromatic N) is 1. The van der Waals surface area contributed by atoms with Crippen LogP contribution in [0.4, 0.5) is 10.1 Å². The summed E-state index contributed by atoms with van der Waals surface area (Å²) < 4.78 is 47.6. The number of benzene rings is 3. The molecule has 6 nitrogen and oxygen atoms in total. The van der Waals surface area contributed by atoms with Gasteiger partial charge in [0.1, 0.15) is 24.7 Å². The largest absolute Gasteiger partial charge is 0.491 e. The minimum absolute atomic E-state index is 0.0255. The fourth-order valence-electron chi connectivity index (χ4n) is 3.21. The van der Waals surface area contributed by atoms with Crippen molar-refractivity contribution in [2.75, 3.05) is 24.0 Å². The van der Waals surface area contributed by atoms with Gasteiger partial charge >= 0.3 is 0 Å². The highest BCUT2D eigenvalue weighted by atomic mass is 32.2. The summed E-state index contributed by atoms with van der Waals surface area (Å²) in [6.07, 6.45) is 0. The van der Waals surface area contributed by atoms with Crippen LogP contribution in [0.3, 0.4) is 0 Å². The predicted octanol–water partition coefficient (Wildman–Crippen LogP) is 4.14. The standard InChI is InChI=1S/C25H27FN2O4S/c1-18-11-13-21(14-12-18)33(30,31)28(23-9-5-4-8-22(23)26)17-25(29)27-15-16-32-24-10-6-7-19(2)20(24)3/h4-14H,15-17H2,1-3H3,(H,27,29). The van der Waals surface area contributed by atoms with E-state index in [1.807, 2.05) is 39.0 Å². The summed E-state index contributed by atoms with van der Waals surface area (Å²) in [4.78, 5) is 12.6. The predicted molar refractivity (Wildman–Crippen MR) is 127 cm³/mol. The van der Waals surface area contributed by atoms with Gasteiger partial charge in [0.15, 0.2) is 0 Å². The average molecular weight is 471 g/mol. The minimum atomic E-state index is -4.17. The van der Waals surface area contributed by atoms with Crippen molar-refractivity contribution < 1.29 is 22.3 Å². The maximum absolute atomic E-state index is 14.5. The monoisotopic (exact) mass is 470 g/mol. The van der Waals surface area contributed by atoms with Crippen LogP contribution in [0.25, 0.3) is 0 Å². The first kappa shape index (κ1) is 24.3. The van der Waals surface area contributed by atoms with Crippen molar-refractivity contribution in [2.45, 2.75) is 25.7 Å². The van der Waals surface area contributed by atoms with Crippen molar-refractivity contribution in [2.24, 2.45) is 0 Å². The van der Waals surface area contributed by atoms with E-state index in [1.54, 1.807) is 12.1 Å². The highest BCUT2D eigenvalue weighted by molar-refractivity contribution is 7.92. The third-order valence-electron chi connectivity index (χ3n) is 5.25. The van der Waals surface area contributed by atoms with Crippen LogP contribution in [0.2, 0.25) is 0 Å². The lowest BCUT2D eigenvalue weighted by atomic mass is 10.1. The topological polar surface area (TPSA) is 75.7 Å². The van der Waals surface area contributed by atoms with Gasteiger partial charge in [-0.25, -0.2) is 12.8 Å². The van der Waals surface area contributed by atoms with Gasteiger partial charge in [-0.3, -0.25) is 9.10 Å². The van der Waals surface area contributed by atoms with Gasteiger partial charge in [0.05, 0.1) is 17.1 Å². The quantitative estimate of drug-likeness (QED) is 0.477. The molecule has 0 spiro atoms. The Bertz CT molecular complexity index is 1230. The number of aryl methyl sites for hydroxylation is 2. The van der Waals surface area contributed by atoms with E-state index in [0.717, 1.165) is 32.8 Å². The van der Waals surface area contributed by atoms with Gasteiger partial charge in [0.25, 0.3) is 10.0 Å². The Balaban J connectivity index is 1.72. The summed E-state index contributed by atoms with van der Waals surface area (Å²) in [5, 5.41) is 2.65. The minimum Gasteiger partial charge on any atom is -0.491 e. The summed E-state index contributed by atoms with van der Waals surface area (Å²) in [7, 11) is -4.17. The molecule has 1 amide bonds. The average Bonchev–Trinajstić information content (AvgIpc) is 2.78. The van der Waals surface area contributed by atoms with E-state index in [2.05, 4.69) is 5.32 Å². The molecule has 33 heavy (non-hydrogen) atoms. The number of carbonyl (C=O) groups excluding carboxylic acids is 1. The number of hydrogen-bond donors (Lipinski definition) is 1. The molecule has 3 aromatic rings. The zero-order valence-corrected chi connectivity index (χ0v) is 19.7. The molecule has 0 radical (unpaired) electrons. The highest BCUT2D eigenvalue weighted by Gasteiger charge is 2.29. The molecule has 174 valence electrons. The first-order chi connectivity index (χ1) is 15.7. The number of sulfonamides is 1. The summed E-state index contributed by atoms with van der Waals surface area (Å²) in [6.45, 7) is 5.57. The van der Waals surface area contributed by atoms with Gasteiger partial charge in [-0.05, 0) is 62.2 Å². The first-order valence-electron chi connectivity index (χ1n) is 10.5. The fraction of sp³-hybridized carbons (Fsp3) is 0.240. The van der Waals surface area contributed by atoms with Crippen molar-refractivity contribution in [1.29, 1.82) is 0 Å². The zero-order valence-electron chi connectivity index (χ0n) is 18.8. The van der Waals surface area contributed by atoms with Crippen LogP contribution in [0, 0.1) is 26.6 Å². The van der Waals surface area contributed by atoms with Crippen LogP contribution in [0.1, 0.15) is 16.7 Å². The second-order valence-electron chi connectivity index (χ2n) is 7.67. The van der Waals surface area contributed by atoms with Crippen LogP contribution in [-0.2, 0) is 14.8 Å². The molecule has 8 heteroatoms. The molecule has 3 rings (SSSR count). The molecule has 0 aliphatic heterocycles. The van der Waals surface area contributed by atoms with E-state index in [9.17, 15) is 17.6 Å². The molecular formula is C25H27FN2O4S. The number of ether oxygens (including phenoxy) is 1. The molecule has 0 saturated heterocycles. The number of amides is 1.